The van der Waals surface area contributed by atoms with Crippen LogP contribution in [0.1, 0.15) is 18.3 Å². The molecule has 2 rings (SSSR count). The lowest BCUT2D eigenvalue weighted by Crippen LogP contribution is -2.31. The van der Waals surface area contributed by atoms with E-state index in [0.29, 0.717) is 10.1 Å². The molecular formula is C11H13IN4O2. The van der Waals surface area contributed by atoms with Crippen molar-refractivity contribution in [3.8, 4) is 0 Å². The van der Waals surface area contributed by atoms with Crippen LogP contribution in [0.4, 0.5) is 0 Å². The van der Waals surface area contributed by atoms with Gasteiger partial charge < -0.3 is 0 Å². The van der Waals surface area contributed by atoms with Gasteiger partial charge >= 0.3 is 5.69 Å². The summed E-state index contributed by atoms with van der Waals surface area (Å²) in [6.07, 6.45) is 1.56. The highest BCUT2D eigenvalue weighted by Gasteiger charge is 2.07. The average molecular weight is 360 g/mol. The molecule has 2 heterocycles. The lowest BCUT2D eigenvalue weighted by molar-refractivity contribution is 0.585. The third-order valence-corrected chi connectivity index (χ3v) is 3.35. The number of rotatable bonds is 3. The molecule has 0 aliphatic rings. The minimum Gasteiger partial charge on any atom is -0.294 e. The molecular weight excluding hydrogens is 347 g/mol. The van der Waals surface area contributed by atoms with E-state index in [9.17, 15) is 9.59 Å². The van der Waals surface area contributed by atoms with E-state index in [1.165, 1.54) is 4.57 Å². The van der Waals surface area contributed by atoms with Crippen LogP contribution in [0.2, 0.25) is 0 Å². The highest BCUT2D eigenvalue weighted by atomic mass is 127. The molecule has 6 nitrogen and oxygen atoms in total. The summed E-state index contributed by atoms with van der Waals surface area (Å²) in [5, 5.41) is 4.32. The molecule has 0 fully saturated rings. The van der Waals surface area contributed by atoms with Gasteiger partial charge in [-0.1, -0.05) is 0 Å². The third kappa shape index (κ3) is 2.55. The Kier molecular flexibility index (Phi) is 3.69. The number of hydrogen-bond donors (Lipinski definition) is 1. The van der Waals surface area contributed by atoms with Gasteiger partial charge in [0.05, 0.1) is 21.5 Å². The minimum absolute atomic E-state index is 0.350. The van der Waals surface area contributed by atoms with Crippen molar-refractivity contribution in [2.24, 2.45) is 0 Å². The van der Waals surface area contributed by atoms with Gasteiger partial charge in [0.25, 0.3) is 5.56 Å². The summed E-state index contributed by atoms with van der Waals surface area (Å²) in [7, 11) is 0. The molecule has 0 radical (unpaired) electrons. The van der Waals surface area contributed by atoms with Gasteiger partial charge in [-0.3, -0.25) is 19.0 Å². The van der Waals surface area contributed by atoms with E-state index in [-0.39, 0.29) is 5.56 Å². The van der Waals surface area contributed by atoms with Crippen molar-refractivity contribution < 1.29 is 0 Å². The summed E-state index contributed by atoms with van der Waals surface area (Å²) in [4.78, 5) is 25.2. The molecule has 2 aromatic heterocycles. The fourth-order valence-corrected chi connectivity index (χ4v) is 2.25. The molecule has 0 amide bonds. The van der Waals surface area contributed by atoms with E-state index in [1.807, 2.05) is 47.2 Å². The van der Waals surface area contributed by atoms with E-state index >= 15 is 0 Å². The number of aromatic nitrogens is 4. The van der Waals surface area contributed by atoms with E-state index in [4.69, 9.17) is 0 Å². The Bertz CT molecular complexity index is 683. The Labute approximate surface area is 117 Å². The first-order chi connectivity index (χ1) is 8.51. The van der Waals surface area contributed by atoms with Crippen LogP contribution in [-0.4, -0.2) is 19.3 Å². The highest BCUT2D eigenvalue weighted by Crippen LogP contribution is 2.05. The maximum Gasteiger partial charge on any atom is 0.328 e. The van der Waals surface area contributed by atoms with Gasteiger partial charge in [0, 0.05) is 12.7 Å². The topological polar surface area (TPSA) is 72.7 Å². The van der Waals surface area contributed by atoms with Crippen LogP contribution in [-0.2, 0) is 13.1 Å². The van der Waals surface area contributed by atoms with Crippen LogP contribution in [0, 0.1) is 10.5 Å². The molecule has 1 N–H and O–H groups in total. The molecule has 0 bridgehead atoms. The van der Waals surface area contributed by atoms with Crippen molar-refractivity contribution in [3.63, 3.8) is 0 Å². The molecule has 18 heavy (non-hydrogen) atoms. The van der Waals surface area contributed by atoms with Crippen LogP contribution in [0.25, 0.3) is 0 Å². The van der Waals surface area contributed by atoms with Crippen LogP contribution in [0.3, 0.4) is 0 Å². The largest absolute Gasteiger partial charge is 0.328 e. The van der Waals surface area contributed by atoms with E-state index in [2.05, 4.69) is 10.1 Å². The Hall–Kier alpha value is -1.38. The first-order valence-electron chi connectivity index (χ1n) is 5.54. The monoisotopic (exact) mass is 360 g/mol. The van der Waals surface area contributed by atoms with Crippen LogP contribution >= 0.6 is 22.6 Å². The second-order valence-corrected chi connectivity index (χ2v) is 5.12. The van der Waals surface area contributed by atoms with Gasteiger partial charge in [-0.05, 0) is 42.5 Å². The molecule has 0 saturated carbocycles. The quantitative estimate of drug-likeness (QED) is 0.820. The molecule has 0 aromatic carbocycles. The normalized spacial score (nSPS) is 10.8. The number of aromatic amines is 1. The smallest absolute Gasteiger partial charge is 0.294 e. The van der Waals surface area contributed by atoms with Crippen molar-refractivity contribution in [1.82, 2.24) is 19.3 Å². The predicted molar refractivity (Wildman–Crippen MR) is 75.8 cm³/mol. The molecule has 0 atom stereocenters. The zero-order valence-corrected chi connectivity index (χ0v) is 12.3. The summed E-state index contributed by atoms with van der Waals surface area (Å²) in [6.45, 7) is 5.06. The molecule has 2 aromatic rings. The molecule has 0 unspecified atom stereocenters. The zero-order chi connectivity index (χ0) is 13.3. The number of halogens is 1. The van der Waals surface area contributed by atoms with Crippen molar-refractivity contribution in [1.29, 1.82) is 0 Å². The summed E-state index contributed by atoms with van der Waals surface area (Å²) in [5.41, 5.74) is 1.11. The first-order valence-corrected chi connectivity index (χ1v) is 6.61. The first kappa shape index (κ1) is 13.1. The van der Waals surface area contributed by atoms with Crippen molar-refractivity contribution >= 4 is 22.6 Å². The highest BCUT2D eigenvalue weighted by molar-refractivity contribution is 14.1. The van der Waals surface area contributed by atoms with E-state index in [0.717, 1.165) is 17.9 Å². The fraction of sp³-hybridized carbons (Fsp3) is 0.364. The minimum atomic E-state index is -0.401. The Morgan fingerprint density at radius 2 is 2.17 bits per heavy atom. The van der Waals surface area contributed by atoms with Crippen molar-refractivity contribution in [3.05, 3.63) is 48.1 Å². The van der Waals surface area contributed by atoms with E-state index in [1.54, 1.807) is 6.20 Å². The second-order valence-electron chi connectivity index (χ2n) is 3.96. The number of aryl methyl sites for hydroxylation is 2. The summed E-state index contributed by atoms with van der Waals surface area (Å²) < 4.78 is 3.82. The SMILES string of the molecule is CCn1nc(C)cc1Cn1cc(I)c(=O)[nH]c1=O. The number of nitrogens with one attached hydrogen (secondary N) is 1. The van der Waals surface area contributed by atoms with Crippen LogP contribution in [0.15, 0.2) is 21.9 Å². The molecule has 0 aliphatic carbocycles. The second kappa shape index (κ2) is 5.09. The Balaban J connectivity index is 2.42. The van der Waals surface area contributed by atoms with Gasteiger partial charge in [0.2, 0.25) is 0 Å². The average Bonchev–Trinajstić information content (AvgIpc) is 2.66. The van der Waals surface area contributed by atoms with Gasteiger partial charge in [0.1, 0.15) is 0 Å². The van der Waals surface area contributed by atoms with Gasteiger partial charge in [-0.25, -0.2) is 4.79 Å². The molecule has 0 saturated heterocycles. The number of hydrogen-bond acceptors (Lipinski definition) is 3. The Morgan fingerprint density at radius 1 is 1.44 bits per heavy atom. The maximum atomic E-state index is 11.7. The molecule has 7 heteroatoms. The standard InChI is InChI=1S/C11H13IN4O2/c1-3-16-8(4-7(2)14-16)5-15-6-9(12)10(17)13-11(15)18/h4,6H,3,5H2,1-2H3,(H,13,17,18). The summed E-state index contributed by atoms with van der Waals surface area (Å²) in [6, 6.07) is 1.94. The van der Waals surface area contributed by atoms with Crippen LogP contribution in [0.5, 0.6) is 0 Å². The maximum absolute atomic E-state index is 11.7. The van der Waals surface area contributed by atoms with Crippen molar-refractivity contribution in [2.75, 3.05) is 0 Å². The fourth-order valence-electron chi connectivity index (χ4n) is 1.77. The number of nitrogens with zero attached hydrogens (tertiary/aromatic N) is 3. The Morgan fingerprint density at radius 3 is 2.83 bits per heavy atom. The lowest BCUT2D eigenvalue weighted by atomic mass is 10.3. The van der Waals surface area contributed by atoms with Crippen LogP contribution < -0.4 is 11.2 Å². The molecule has 0 spiro atoms. The van der Waals surface area contributed by atoms with Gasteiger partial charge in [-0.2, -0.15) is 5.10 Å². The molecule has 96 valence electrons. The zero-order valence-electron chi connectivity index (χ0n) is 10.1. The lowest BCUT2D eigenvalue weighted by Gasteiger charge is -2.07. The number of H-pyrrole nitrogens is 1. The summed E-state index contributed by atoms with van der Waals surface area (Å²) >= 11 is 1.91. The molecule has 0 aliphatic heterocycles. The predicted octanol–water partition coefficient (Wildman–Crippen LogP) is 0.714. The van der Waals surface area contributed by atoms with E-state index < -0.39 is 5.69 Å². The summed E-state index contributed by atoms with van der Waals surface area (Å²) in [5.74, 6) is 0. The van der Waals surface area contributed by atoms with Gasteiger partial charge in [-0.15, -0.1) is 0 Å². The van der Waals surface area contributed by atoms with Crippen molar-refractivity contribution in [2.45, 2.75) is 26.9 Å². The van der Waals surface area contributed by atoms with Gasteiger partial charge in [0.15, 0.2) is 0 Å². The third-order valence-electron chi connectivity index (χ3n) is 2.58.